The zero-order chi connectivity index (χ0) is 16.9. The number of nitrogens with zero attached hydrogens (tertiary/aromatic N) is 4. The molecule has 0 aliphatic carbocycles. The van der Waals surface area contributed by atoms with E-state index in [1.54, 1.807) is 23.3 Å². The molecule has 0 aliphatic rings. The van der Waals surface area contributed by atoms with Gasteiger partial charge in [0.15, 0.2) is 0 Å². The van der Waals surface area contributed by atoms with Crippen LogP contribution in [0.2, 0.25) is 5.02 Å². The number of pyridine rings is 1. The van der Waals surface area contributed by atoms with Crippen LogP contribution in [0, 0.1) is 0 Å². The molecule has 7 nitrogen and oxygen atoms in total. The van der Waals surface area contributed by atoms with Gasteiger partial charge in [-0.1, -0.05) is 24.6 Å². The number of anilines is 1. The summed E-state index contributed by atoms with van der Waals surface area (Å²) in [6.45, 7) is 3.05. The summed E-state index contributed by atoms with van der Waals surface area (Å²) in [6.07, 6.45) is 5.05. The van der Waals surface area contributed by atoms with E-state index in [0.717, 1.165) is 5.69 Å². The number of aromatic amines is 1. The largest absolute Gasteiger partial charge is 0.350 e. The third-order valence-corrected chi connectivity index (χ3v) is 3.69. The molecule has 0 amide bonds. The van der Waals surface area contributed by atoms with Crippen molar-refractivity contribution in [2.75, 3.05) is 5.32 Å². The van der Waals surface area contributed by atoms with Crippen LogP contribution in [0.4, 0.5) is 5.95 Å². The van der Waals surface area contributed by atoms with E-state index in [1.807, 2.05) is 25.1 Å². The van der Waals surface area contributed by atoms with Crippen LogP contribution >= 0.6 is 11.6 Å². The lowest BCUT2D eigenvalue weighted by atomic mass is 10.1. The molecule has 0 aromatic carbocycles. The van der Waals surface area contributed by atoms with Crippen LogP contribution in [0.3, 0.4) is 0 Å². The third-order valence-electron chi connectivity index (χ3n) is 3.49. The first-order chi connectivity index (χ1) is 11.6. The number of nitrogens with one attached hydrogen (secondary N) is 2. The van der Waals surface area contributed by atoms with Crippen LogP contribution in [-0.4, -0.2) is 24.7 Å². The predicted octanol–water partition coefficient (Wildman–Crippen LogP) is 2.43. The van der Waals surface area contributed by atoms with E-state index in [9.17, 15) is 4.79 Å². The Labute approximate surface area is 143 Å². The fraction of sp³-hybridized carbons (Fsp3) is 0.250. The van der Waals surface area contributed by atoms with E-state index in [-0.39, 0.29) is 11.5 Å². The van der Waals surface area contributed by atoms with Gasteiger partial charge in [-0.3, -0.25) is 19.4 Å². The molecule has 0 saturated carbocycles. The van der Waals surface area contributed by atoms with Crippen LogP contribution in [0.5, 0.6) is 0 Å². The third kappa shape index (κ3) is 4.20. The van der Waals surface area contributed by atoms with Gasteiger partial charge in [0.1, 0.15) is 0 Å². The van der Waals surface area contributed by atoms with Crippen molar-refractivity contribution in [3.05, 3.63) is 69.6 Å². The van der Waals surface area contributed by atoms with Gasteiger partial charge in [-0.15, -0.1) is 0 Å². The van der Waals surface area contributed by atoms with Gasteiger partial charge < -0.3 is 5.32 Å². The minimum absolute atomic E-state index is 0.0127. The smallest absolute Gasteiger partial charge is 0.252 e. The number of halogens is 1. The van der Waals surface area contributed by atoms with Crippen LogP contribution in [0.25, 0.3) is 0 Å². The molecule has 8 heteroatoms. The van der Waals surface area contributed by atoms with Crippen molar-refractivity contribution in [1.29, 1.82) is 0 Å². The summed E-state index contributed by atoms with van der Waals surface area (Å²) in [7, 11) is 0. The van der Waals surface area contributed by atoms with Crippen molar-refractivity contribution in [2.45, 2.75) is 25.9 Å². The Morgan fingerprint density at radius 3 is 3.00 bits per heavy atom. The van der Waals surface area contributed by atoms with Gasteiger partial charge in [0, 0.05) is 30.9 Å². The Kier molecular flexibility index (Phi) is 4.90. The number of hydrogen-bond donors (Lipinski definition) is 2. The molecule has 124 valence electrons. The van der Waals surface area contributed by atoms with Gasteiger partial charge in [-0.05, 0) is 12.1 Å². The molecule has 3 aromatic rings. The highest BCUT2D eigenvalue weighted by Crippen LogP contribution is 2.16. The number of H-pyrrole nitrogens is 1. The number of aromatic nitrogens is 5. The molecule has 2 N–H and O–H groups in total. The summed E-state index contributed by atoms with van der Waals surface area (Å²) < 4.78 is 1.73. The maximum Gasteiger partial charge on any atom is 0.252 e. The molecular formula is C16H17ClN6O. The average molecular weight is 345 g/mol. The molecule has 3 aromatic heterocycles. The van der Waals surface area contributed by atoms with Crippen molar-refractivity contribution in [2.24, 2.45) is 0 Å². The lowest BCUT2D eigenvalue weighted by Gasteiger charge is -2.12. The molecule has 0 unspecified atom stereocenters. The summed E-state index contributed by atoms with van der Waals surface area (Å²) in [5, 5.41) is 7.82. The molecule has 0 fully saturated rings. The van der Waals surface area contributed by atoms with Crippen LogP contribution in [0.1, 0.15) is 24.2 Å². The Morgan fingerprint density at radius 1 is 1.42 bits per heavy atom. The highest BCUT2D eigenvalue weighted by Gasteiger charge is 2.11. The van der Waals surface area contributed by atoms with Crippen molar-refractivity contribution < 1.29 is 0 Å². The Hall–Kier alpha value is -2.67. The first kappa shape index (κ1) is 16.2. The highest BCUT2D eigenvalue weighted by atomic mass is 35.5. The highest BCUT2D eigenvalue weighted by molar-refractivity contribution is 6.30. The van der Waals surface area contributed by atoms with E-state index in [0.29, 0.717) is 29.8 Å². The zero-order valence-electron chi connectivity index (χ0n) is 13.1. The lowest BCUT2D eigenvalue weighted by molar-refractivity contribution is 0.533. The first-order valence-electron chi connectivity index (χ1n) is 7.53. The minimum Gasteiger partial charge on any atom is -0.350 e. The maximum absolute atomic E-state index is 11.9. The van der Waals surface area contributed by atoms with Crippen molar-refractivity contribution >= 4 is 17.5 Å². The summed E-state index contributed by atoms with van der Waals surface area (Å²) >= 11 is 5.87. The van der Waals surface area contributed by atoms with Crippen LogP contribution in [0.15, 0.2) is 47.7 Å². The topological polar surface area (TPSA) is 88.5 Å². The van der Waals surface area contributed by atoms with Gasteiger partial charge in [-0.25, -0.2) is 4.98 Å². The average Bonchev–Trinajstić information content (AvgIpc) is 2.98. The minimum atomic E-state index is -0.200. The fourth-order valence-electron chi connectivity index (χ4n) is 2.30. The van der Waals surface area contributed by atoms with E-state index >= 15 is 0 Å². The molecule has 3 heterocycles. The monoisotopic (exact) mass is 344 g/mol. The zero-order valence-corrected chi connectivity index (χ0v) is 13.9. The van der Waals surface area contributed by atoms with Gasteiger partial charge in [0.2, 0.25) is 5.95 Å². The molecule has 0 bridgehead atoms. The van der Waals surface area contributed by atoms with E-state index in [2.05, 4.69) is 25.4 Å². The van der Waals surface area contributed by atoms with Crippen molar-refractivity contribution in [1.82, 2.24) is 24.7 Å². The second kappa shape index (κ2) is 7.27. The van der Waals surface area contributed by atoms with Gasteiger partial charge in [-0.2, -0.15) is 5.10 Å². The molecule has 0 spiro atoms. The van der Waals surface area contributed by atoms with Gasteiger partial charge in [0.25, 0.3) is 5.56 Å². The van der Waals surface area contributed by atoms with E-state index < -0.39 is 0 Å². The van der Waals surface area contributed by atoms with Crippen molar-refractivity contribution in [3.8, 4) is 0 Å². The molecule has 24 heavy (non-hydrogen) atoms. The summed E-state index contributed by atoms with van der Waals surface area (Å²) in [6, 6.07) is 7.17. The predicted molar refractivity (Wildman–Crippen MR) is 92.1 cm³/mol. The summed E-state index contributed by atoms with van der Waals surface area (Å²) in [4.78, 5) is 23.3. The Balaban J connectivity index is 1.72. The second-order valence-corrected chi connectivity index (χ2v) is 5.91. The molecular weight excluding hydrogens is 328 g/mol. The quantitative estimate of drug-likeness (QED) is 0.717. The fourth-order valence-corrected chi connectivity index (χ4v) is 2.46. The number of rotatable bonds is 6. The normalized spacial score (nSPS) is 12.1. The maximum atomic E-state index is 11.9. The van der Waals surface area contributed by atoms with E-state index in [4.69, 9.17) is 11.6 Å². The van der Waals surface area contributed by atoms with Crippen molar-refractivity contribution in [3.63, 3.8) is 0 Å². The molecule has 0 saturated heterocycles. The summed E-state index contributed by atoms with van der Waals surface area (Å²) in [5.41, 5.74) is 1.35. The summed E-state index contributed by atoms with van der Waals surface area (Å²) in [5.74, 6) is 0.437. The lowest BCUT2D eigenvalue weighted by Crippen LogP contribution is -2.17. The van der Waals surface area contributed by atoms with E-state index in [1.165, 1.54) is 6.07 Å². The Morgan fingerprint density at radius 2 is 2.29 bits per heavy atom. The SMILES string of the molecule is C[C@@H](Cn1cc(Cl)cn1)c1cc(=O)[nH]c(NCc2ccccn2)n1. The number of hydrogen-bond acceptors (Lipinski definition) is 5. The molecule has 0 aliphatic heterocycles. The standard InChI is InChI=1S/C16H17ClN6O/c1-11(9-23-10-12(17)7-20-23)14-6-15(24)22-16(21-14)19-8-13-4-2-3-5-18-13/h2-7,10-11H,8-9H2,1H3,(H2,19,21,22,24)/t11-/m0/s1. The van der Waals surface area contributed by atoms with Crippen LogP contribution in [-0.2, 0) is 13.1 Å². The molecule has 0 radical (unpaired) electrons. The Bertz CT molecular complexity index is 860. The van der Waals surface area contributed by atoms with Gasteiger partial charge in [0.05, 0.1) is 29.2 Å². The second-order valence-electron chi connectivity index (χ2n) is 5.48. The van der Waals surface area contributed by atoms with Crippen LogP contribution < -0.4 is 10.9 Å². The molecule has 3 rings (SSSR count). The first-order valence-corrected chi connectivity index (χ1v) is 7.91. The van der Waals surface area contributed by atoms with Gasteiger partial charge >= 0.3 is 0 Å². The molecule has 1 atom stereocenters.